The first-order chi connectivity index (χ1) is 14.0. The summed E-state index contributed by atoms with van der Waals surface area (Å²) in [4.78, 5) is 29.4. The van der Waals surface area contributed by atoms with Crippen molar-refractivity contribution < 1.29 is 14.3 Å². The molecule has 8 nitrogen and oxygen atoms in total. The average molecular weight is 404 g/mol. The first-order valence-corrected chi connectivity index (χ1v) is 11.1. The smallest absolute Gasteiger partial charge is 0.317 e. The Morgan fingerprint density at radius 3 is 2.62 bits per heavy atom. The second kappa shape index (κ2) is 8.34. The number of amides is 3. The Kier molecular flexibility index (Phi) is 5.81. The van der Waals surface area contributed by atoms with Crippen LogP contribution in [-0.4, -0.2) is 75.4 Å². The van der Waals surface area contributed by atoms with Crippen molar-refractivity contribution in [2.24, 2.45) is 0 Å². The van der Waals surface area contributed by atoms with E-state index in [0.29, 0.717) is 38.0 Å². The SMILES string of the molecule is CCNC(=O)N(C1CC1)C1CCOC2(CCN(C(=O)c3ccn(CC)n3)CC2)C1. The minimum atomic E-state index is -0.220. The van der Waals surface area contributed by atoms with Gasteiger partial charge in [-0.05, 0) is 58.4 Å². The maximum Gasteiger partial charge on any atom is 0.317 e. The topological polar surface area (TPSA) is 79.7 Å². The van der Waals surface area contributed by atoms with Crippen molar-refractivity contribution in [3.63, 3.8) is 0 Å². The number of carbonyl (C=O) groups is 2. The molecule has 8 heteroatoms. The van der Waals surface area contributed by atoms with Gasteiger partial charge < -0.3 is 19.9 Å². The molecule has 3 heterocycles. The lowest BCUT2D eigenvalue weighted by Gasteiger charge is -2.48. The second-order valence-electron chi connectivity index (χ2n) is 8.50. The van der Waals surface area contributed by atoms with Gasteiger partial charge in [-0.3, -0.25) is 9.48 Å². The van der Waals surface area contributed by atoms with E-state index >= 15 is 0 Å². The number of nitrogens with zero attached hydrogens (tertiary/aromatic N) is 4. The molecule has 0 bridgehead atoms. The van der Waals surface area contributed by atoms with Crippen LogP contribution in [0.2, 0.25) is 0 Å². The van der Waals surface area contributed by atoms with Crippen molar-refractivity contribution >= 4 is 11.9 Å². The van der Waals surface area contributed by atoms with Gasteiger partial charge in [0.1, 0.15) is 5.69 Å². The molecule has 3 aliphatic rings. The molecule has 3 fully saturated rings. The maximum absolute atomic E-state index is 12.8. The van der Waals surface area contributed by atoms with Crippen LogP contribution in [0.15, 0.2) is 12.3 Å². The Balaban J connectivity index is 1.38. The Labute approximate surface area is 172 Å². The zero-order valence-electron chi connectivity index (χ0n) is 17.6. The predicted molar refractivity (Wildman–Crippen MR) is 109 cm³/mol. The van der Waals surface area contributed by atoms with Crippen molar-refractivity contribution in [3.8, 4) is 0 Å². The number of nitrogens with one attached hydrogen (secondary N) is 1. The van der Waals surface area contributed by atoms with Crippen molar-refractivity contribution in [1.29, 1.82) is 0 Å². The predicted octanol–water partition coefficient (Wildman–Crippen LogP) is 2.25. The summed E-state index contributed by atoms with van der Waals surface area (Å²) in [6, 6.07) is 2.47. The van der Waals surface area contributed by atoms with Crippen LogP contribution >= 0.6 is 0 Å². The van der Waals surface area contributed by atoms with E-state index in [0.717, 1.165) is 45.1 Å². The first kappa shape index (κ1) is 20.2. The number of aromatic nitrogens is 2. The van der Waals surface area contributed by atoms with Gasteiger partial charge >= 0.3 is 6.03 Å². The van der Waals surface area contributed by atoms with Crippen LogP contribution in [0, 0.1) is 0 Å². The number of piperidine rings is 1. The Hall–Kier alpha value is -2.09. The zero-order valence-corrected chi connectivity index (χ0v) is 17.6. The molecule has 0 radical (unpaired) electrons. The van der Waals surface area contributed by atoms with Crippen LogP contribution in [0.1, 0.15) is 62.9 Å². The average Bonchev–Trinajstić information content (AvgIpc) is 3.43. The fraction of sp³-hybridized carbons (Fsp3) is 0.762. The largest absolute Gasteiger partial charge is 0.375 e. The summed E-state index contributed by atoms with van der Waals surface area (Å²) in [7, 11) is 0. The second-order valence-corrected chi connectivity index (χ2v) is 8.50. The summed E-state index contributed by atoms with van der Waals surface area (Å²) in [6.45, 7) is 7.42. The van der Waals surface area contributed by atoms with Crippen LogP contribution in [-0.2, 0) is 11.3 Å². The quantitative estimate of drug-likeness (QED) is 0.818. The summed E-state index contributed by atoms with van der Waals surface area (Å²) in [5.74, 6) is 0.00124. The molecule has 1 aliphatic carbocycles. The van der Waals surface area contributed by atoms with Crippen LogP contribution in [0.3, 0.4) is 0 Å². The molecule has 4 rings (SSSR count). The molecule has 1 aromatic heterocycles. The summed E-state index contributed by atoms with van der Waals surface area (Å²) in [6.07, 6.45) is 7.46. The normalized spacial score (nSPS) is 23.8. The fourth-order valence-electron chi connectivity index (χ4n) is 4.74. The van der Waals surface area contributed by atoms with Crippen molar-refractivity contribution in [2.45, 2.75) is 76.6 Å². The molecule has 1 N–H and O–H groups in total. The van der Waals surface area contributed by atoms with E-state index in [9.17, 15) is 9.59 Å². The zero-order chi connectivity index (χ0) is 20.4. The molecular formula is C21H33N5O3. The fourth-order valence-corrected chi connectivity index (χ4v) is 4.74. The van der Waals surface area contributed by atoms with E-state index in [-0.39, 0.29) is 23.6 Å². The number of hydrogen-bond donors (Lipinski definition) is 1. The molecule has 2 aliphatic heterocycles. The third-order valence-electron chi connectivity index (χ3n) is 6.51. The van der Waals surface area contributed by atoms with Crippen LogP contribution in [0.4, 0.5) is 4.79 Å². The molecule has 0 aromatic carbocycles. The molecular weight excluding hydrogens is 370 g/mol. The first-order valence-electron chi connectivity index (χ1n) is 11.1. The van der Waals surface area contributed by atoms with E-state index in [1.165, 1.54) is 0 Å². The summed E-state index contributed by atoms with van der Waals surface area (Å²) in [5.41, 5.74) is 0.295. The standard InChI is InChI=1S/C21H33N5O3/c1-3-22-20(28)26(16-5-6-16)17-8-14-29-21(15-17)9-12-24(13-10-21)19(27)18-7-11-25(4-2)23-18/h7,11,16-17H,3-6,8-10,12-15H2,1-2H3,(H,22,28). The van der Waals surface area contributed by atoms with E-state index in [4.69, 9.17) is 4.74 Å². The van der Waals surface area contributed by atoms with Crippen LogP contribution < -0.4 is 5.32 Å². The van der Waals surface area contributed by atoms with Crippen LogP contribution in [0.5, 0.6) is 0 Å². The number of carbonyl (C=O) groups excluding carboxylic acids is 2. The van der Waals surface area contributed by atoms with Crippen LogP contribution in [0.25, 0.3) is 0 Å². The van der Waals surface area contributed by atoms with Crippen molar-refractivity contribution in [2.75, 3.05) is 26.2 Å². The highest BCUT2D eigenvalue weighted by molar-refractivity contribution is 5.92. The van der Waals surface area contributed by atoms with E-state index in [1.807, 2.05) is 24.9 Å². The monoisotopic (exact) mass is 403 g/mol. The van der Waals surface area contributed by atoms with Gasteiger partial charge in [-0.2, -0.15) is 5.10 Å². The lowest BCUT2D eigenvalue weighted by molar-refractivity contribution is -0.126. The van der Waals surface area contributed by atoms with Gasteiger partial charge in [-0.15, -0.1) is 0 Å². The molecule has 1 spiro atoms. The van der Waals surface area contributed by atoms with Gasteiger partial charge in [0.2, 0.25) is 0 Å². The van der Waals surface area contributed by atoms with Crippen molar-refractivity contribution in [3.05, 3.63) is 18.0 Å². The number of urea groups is 1. The Bertz CT molecular complexity index is 736. The molecule has 3 amide bonds. The summed E-state index contributed by atoms with van der Waals surface area (Å²) < 4.78 is 8.04. The van der Waals surface area contributed by atoms with Gasteiger partial charge in [0, 0.05) is 51.1 Å². The Morgan fingerprint density at radius 1 is 1.24 bits per heavy atom. The molecule has 2 saturated heterocycles. The lowest BCUT2D eigenvalue weighted by atomic mass is 9.81. The molecule has 1 unspecified atom stereocenters. The minimum Gasteiger partial charge on any atom is -0.375 e. The number of rotatable bonds is 5. The number of ether oxygens (including phenoxy) is 1. The van der Waals surface area contributed by atoms with Gasteiger partial charge in [0.25, 0.3) is 5.91 Å². The maximum atomic E-state index is 12.8. The highest BCUT2D eigenvalue weighted by Gasteiger charge is 2.46. The highest BCUT2D eigenvalue weighted by Crippen LogP contribution is 2.40. The van der Waals surface area contributed by atoms with Gasteiger partial charge in [0.05, 0.1) is 5.60 Å². The lowest BCUT2D eigenvalue weighted by Crippen LogP contribution is -2.57. The van der Waals surface area contributed by atoms with Gasteiger partial charge in [0.15, 0.2) is 0 Å². The third-order valence-corrected chi connectivity index (χ3v) is 6.51. The molecule has 1 atom stereocenters. The molecule has 1 aromatic rings. The number of likely N-dealkylation sites (tertiary alicyclic amines) is 1. The number of aryl methyl sites for hydroxylation is 1. The third kappa shape index (κ3) is 4.27. The molecule has 160 valence electrons. The van der Waals surface area contributed by atoms with E-state index in [2.05, 4.69) is 15.3 Å². The molecule has 29 heavy (non-hydrogen) atoms. The molecule has 1 saturated carbocycles. The minimum absolute atomic E-state index is 0.00124. The van der Waals surface area contributed by atoms with E-state index < -0.39 is 0 Å². The number of hydrogen-bond acceptors (Lipinski definition) is 4. The summed E-state index contributed by atoms with van der Waals surface area (Å²) >= 11 is 0. The highest BCUT2D eigenvalue weighted by atomic mass is 16.5. The van der Waals surface area contributed by atoms with E-state index in [1.54, 1.807) is 10.7 Å². The Morgan fingerprint density at radius 2 is 2.00 bits per heavy atom. The summed E-state index contributed by atoms with van der Waals surface area (Å²) in [5, 5.41) is 7.34. The van der Waals surface area contributed by atoms with Crippen molar-refractivity contribution in [1.82, 2.24) is 24.9 Å². The van der Waals surface area contributed by atoms with Gasteiger partial charge in [-0.25, -0.2) is 4.79 Å². The van der Waals surface area contributed by atoms with Gasteiger partial charge in [-0.1, -0.05) is 0 Å².